The number of likely N-dealkylation sites (tertiary alicyclic amines) is 1. The van der Waals surface area contributed by atoms with Crippen LogP contribution in [0.4, 0.5) is 0 Å². The molecule has 3 nitrogen and oxygen atoms in total. The van der Waals surface area contributed by atoms with E-state index in [-0.39, 0.29) is 12.0 Å². The SMILES string of the molecule is O=C(CCCc1ccc2ccccc2c1)N1CC[C@H](O)C1. The molecule has 3 rings (SSSR count). The van der Waals surface area contributed by atoms with Gasteiger partial charge in [-0.05, 0) is 35.6 Å². The van der Waals surface area contributed by atoms with Crippen molar-refractivity contribution in [2.24, 2.45) is 0 Å². The second-order valence-corrected chi connectivity index (χ2v) is 5.82. The summed E-state index contributed by atoms with van der Waals surface area (Å²) in [6, 6.07) is 14.8. The summed E-state index contributed by atoms with van der Waals surface area (Å²) in [5.41, 5.74) is 1.28. The Morgan fingerprint density at radius 1 is 1.19 bits per heavy atom. The number of aliphatic hydroxyl groups excluding tert-OH is 1. The molecule has 1 amide bonds. The van der Waals surface area contributed by atoms with Crippen LogP contribution in [0.15, 0.2) is 42.5 Å². The molecule has 0 radical (unpaired) electrons. The number of aliphatic hydroxyl groups is 1. The lowest BCUT2D eigenvalue weighted by Crippen LogP contribution is -2.29. The summed E-state index contributed by atoms with van der Waals surface area (Å²) >= 11 is 0. The van der Waals surface area contributed by atoms with Gasteiger partial charge in [0, 0.05) is 19.5 Å². The van der Waals surface area contributed by atoms with Gasteiger partial charge in [-0.2, -0.15) is 0 Å². The van der Waals surface area contributed by atoms with Gasteiger partial charge in [-0.1, -0.05) is 42.5 Å². The van der Waals surface area contributed by atoms with E-state index in [9.17, 15) is 9.90 Å². The molecule has 2 aromatic carbocycles. The van der Waals surface area contributed by atoms with Crippen LogP contribution in [-0.4, -0.2) is 35.1 Å². The van der Waals surface area contributed by atoms with Gasteiger partial charge in [0.05, 0.1) is 6.10 Å². The minimum absolute atomic E-state index is 0.173. The molecule has 21 heavy (non-hydrogen) atoms. The Kier molecular flexibility index (Phi) is 4.20. The molecule has 2 aromatic rings. The minimum atomic E-state index is -0.325. The summed E-state index contributed by atoms with van der Waals surface area (Å²) in [4.78, 5) is 13.8. The van der Waals surface area contributed by atoms with Crippen LogP contribution in [-0.2, 0) is 11.2 Å². The fraction of sp³-hybridized carbons (Fsp3) is 0.389. The number of benzene rings is 2. The van der Waals surface area contributed by atoms with Gasteiger partial charge < -0.3 is 10.0 Å². The van der Waals surface area contributed by atoms with Crippen molar-refractivity contribution < 1.29 is 9.90 Å². The Morgan fingerprint density at radius 2 is 2.00 bits per heavy atom. The number of amides is 1. The molecule has 0 aliphatic carbocycles. The third-order valence-electron chi connectivity index (χ3n) is 4.19. The number of aryl methyl sites for hydroxylation is 1. The molecule has 0 saturated carbocycles. The van der Waals surface area contributed by atoms with Gasteiger partial charge in [0.15, 0.2) is 0 Å². The van der Waals surface area contributed by atoms with E-state index >= 15 is 0 Å². The van der Waals surface area contributed by atoms with Crippen molar-refractivity contribution in [1.29, 1.82) is 0 Å². The van der Waals surface area contributed by atoms with Crippen LogP contribution in [0, 0.1) is 0 Å². The smallest absolute Gasteiger partial charge is 0.222 e. The lowest BCUT2D eigenvalue weighted by molar-refractivity contribution is -0.130. The molecule has 0 unspecified atom stereocenters. The van der Waals surface area contributed by atoms with E-state index in [1.807, 2.05) is 12.1 Å². The van der Waals surface area contributed by atoms with Crippen LogP contribution in [0.3, 0.4) is 0 Å². The van der Waals surface area contributed by atoms with Crippen molar-refractivity contribution in [2.45, 2.75) is 31.8 Å². The summed E-state index contributed by atoms with van der Waals surface area (Å²) in [5, 5.41) is 12.0. The summed E-state index contributed by atoms with van der Waals surface area (Å²) < 4.78 is 0. The van der Waals surface area contributed by atoms with Gasteiger partial charge in [0.2, 0.25) is 5.91 Å². The highest BCUT2D eigenvalue weighted by Crippen LogP contribution is 2.17. The van der Waals surface area contributed by atoms with Crippen LogP contribution in [0.2, 0.25) is 0 Å². The maximum atomic E-state index is 12.0. The number of nitrogens with zero attached hydrogens (tertiary/aromatic N) is 1. The number of rotatable bonds is 4. The highest BCUT2D eigenvalue weighted by Gasteiger charge is 2.23. The van der Waals surface area contributed by atoms with Crippen molar-refractivity contribution in [3.8, 4) is 0 Å². The third-order valence-corrected chi connectivity index (χ3v) is 4.19. The number of carbonyl (C=O) groups excluding carboxylic acids is 1. The van der Waals surface area contributed by atoms with E-state index in [0.717, 1.165) is 19.3 Å². The monoisotopic (exact) mass is 283 g/mol. The standard InChI is InChI=1S/C18H21NO2/c20-17-10-11-19(13-17)18(21)7-3-4-14-8-9-15-5-1-2-6-16(15)12-14/h1-2,5-6,8-9,12,17,20H,3-4,7,10-11,13H2/t17-/m0/s1. The normalized spacial score (nSPS) is 18.3. The number of fused-ring (bicyclic) bond motifs is 1. The van der Waals surface area contributed by atoms with Crippen LogP contribution >= 0.6 is 0 Å². The first-order valence-corrected chi connectivity index (χ1v) is 7.66. The lowest BCUT2D eigenvalue weighted by atomic mass is 10.0. The van der Waals surface area contributed by atoms with Crippen molar-refractivity contribution >= 4 is 16.7 Å². The molecule has 110 valence electrons. The largest absolute Gasteiger partial charge is 0.391 e. The van der Waals surface area contributed by atoms with Gasteiger partial charge in [-0.15, -0.1) is 0 Å². The molecule has 1 saturated heterocycles. The van der Waals surface area contributed by atoms with Crippen molar-refractivity contribution in [3.63, 3.8) is 0 Å². The fourth-order valence-electron chi connectivity index (χ4n) is 2.96. The second-order valence-electron chi connectivity index (χ2n) is 5.82. The molecule has 1 aliphatic rings. The van der Waals surface area contributed by atoms with E-state index in [4.69, 9.17) is 0 Å². The number of hydrogen-bond acceptors (Lipinski definition) is 2. The molecule has 0 spiro atoms. The van der Waals surface area contributed by atoms with E-state index in [2.05, 4.69) is 30.3 Å². The number of β-amino-alcohol motifs (C(OH)–C–C–N with tert-alkyl or cyclic N) is 1. The van der Waals surface area contributed by atoms with Crippen LogP contribution in [0.25, 0.3) is 10.8 Å². The maximum absolute atomic E-state index is 12.0. The second kappa shape index (κ2) is 6.27. The first-order chi connectivity index (χ1) is 10.2. The fourth-order valence-corrected chi connectivity index (χ4v) is 2.96. The number of hydrogen-bond donors (Lipinski definition) is 1. The first-order valence-electron chi connectivity index (χ1n) is 7.66. The zero-order chi connectivity index (χ0) is 14.7. The molecule has 1 fully saturated rings. The molecule has 1 heterocycles. The summed E-state index contributed by atoms with van der Waals surface area (Å²) in [6.07, 6.45) is 2.75. The quantitative estimate of drug-likeness (QED) is 0.937. The highest BCUT2D eigenvalue weighted by molar-refractivity contribution is 5.83. The molecule has 1 N–H and O–H groups in total. The van der Waals surface area contributed by atoms with Gasteiger partial charge in [-0.25, -0.2) is 0 Å². The molecular weight excluding hydrogens is 262 g/mol. The van der Waals surface area contributed by atoms with Crippen molar-refractivity contribution in [1.82, 2.24) is 4.90 Å². The van der Waals surface area contributed by atoms with E-state index in [1.54, 1.807) is 4.90 Å². The van der Waals surface area contributed by atoms with Crippen LogP contribution in [0.5, 0.6) is 0 Å². The Morgan fingerprint density at radius 3 is 2.76 bits per heavy atom. The zero-order valence-electron chi connectivity index (χ0n) is 12.2. The molecule has 0 bridgehead atoms. The van der Waals surface area contributed by atoms with Gasteiger partial charge in [0.25, 0.3) is 0 Å². The summed E-state index contributed by atoms with van der Waals surface area (Å²) in [6.45, 7) is 1.21. The van der Waals surface area contributed by atoms with Crippen molar-refractivity contribution in [3.05, 3.63) is 48.0 Å². The van der Waals surface area contributed by atoms with Crippen molar-refractivity contribution in [2.75, 3.05) is 13.1 Å². The lowest BCUT2D eigenvalue weighted by Gasteiger charge is -2.15. The molecule has 1 aliphatic heterocycles. The van der Waals surface area contributed by atoms with Gasteiger partial charge >= 0.3 is 0 Å². The predicted molar refractivity (Wildman–Crippen MR) is 84.1 cm³/mol. The van der Waals surface area contributed by atoms with E-state index in [1.165, 1.54) is 16.3 Å². The predicted octanol–water partition coefficient (Wildman–Crippen LogP) is 2.76. The first kappa shape index (κ1) is 14.1. The van der Waals surface area contributed by atoms with Gasteiger partial charge in [0.1, 0.15) is 0 Å². The van der Waals surface area contributed by atoms with Crippen LogP contribution in [0.1, 0.15) is 24.8 Å². The Hall–Kier alpha value is -1.87. The average molecular weight is 283 g/mol. The highest BCUT2D eigenvalue weighted by atomic mass is 16.3. The maximum Gasteiger partial charge on any atom is 0.222 e. The number of carbonyl (C=O) groups is 1. The molecule has 0 aromatic heterocycles. The Bertz CT molecular complexity index is 638. The van der Waals surface area contributed by atoms with E-state index < -0.39 is 0 Å². The summed E-state index contributed by atoms with van der Waals surface area (Å²) in [5.74, 6) is 0.173. The minimum Gasteiger partial charge on any atom is -0.391 e. The molecular formula is C18H21NO2. The topological polar surface area (TPSA) is 40.5 Å². The summed E-state index contributed by atoms with van der Waals surface area (Å²) in [7, 11) is 0. The zero-order valence-corrected chi connectivity index (χ0v) is 12.2. The van der Waals surface area contributed by atoms with E-state index in [0.29, 0.717) is 19.5 Å². The Balaban J connectivity index is 1.53. The van der Waals surface area contributed by atoms with Gasteiger partial charge in [-0.3, -0.25) is 4.79 Å². The molecule has 3 heteroatoms. The average Bonchev–Trinajstić information content (AvgIpc) is 2.94. The molecule has 1 atom stereocenters. The third kappa shape index (κ3) is 3.42. The van der Waals surface area contributed by atoms with Crippen LogP contribution < -0.4 is 0 Å². The Labute approximate surface area is 125 Å².